The smallest absolute Gasteiger partial charge is 0.369 e. The average molecular weight is 328 g/mol. The summed E-state index contributed by atoms with van der Waals surface area (Å²) in [6.07, 6.45) is -0.121. The molecule has 2 N–H and O–H groups in total. The van der Waals surface area contributed by atoms with Crippen LogP contribution in [0.2, 0.25) is 0 Å². The number of fused-ring (bicyclic) bond motifs is 1. The molecular formula is C12H12N2O7S. The predicted molar refractivity (Wildman–Crippen MR) is 71.6 cm³/mol. The average Bonchev–Trinajstić information content (AvgIpc) is 3.07. The van der Waals surface area contributed by atoms with Crippen molar-refractivity contribution in [3.63, 3.8) is 0 Å². The highest BCUT2D eigenvalue weighted by Crippen LogP contribution is 2.51. The Bertz CT molecular complexity index is 761. The van der Waals surface area contributed by atoms with Gasteiger partial charge < -0.3 is 14.7 Å². The van der Waals surface area contributed by atoms with E-state index in [4.69, 9.17) is 10.5 Å². The number of carbonyl (C=O) groups excluding carboxylic acids is 1. The molecule has 10 heteroatoms. The van der Waals surface area contributed by atoms with Gasteiger partial charge in [-0.2, -0.15) is 8.42 Å². The molecule has 118 valence electrons. The van der Waals surface area contributed by atoms with Crippen molar-refractivity contribution in [3.8, 4) is 0 Å². The summed E-state index contributed by atoms with van der Waals surface area (Å²) in [6, 6.07) is 3.88. The second-order valence-corrected chi connectivity index (χ2v) is 6.65. The molecule has 1 saturated carbocycles. The number of nitrogens with zero attached hydrogens (tertiary/aromatic N) is 1. The Morgan fingerprint density at radius 1 is 1.41 bits per heavy atom. The summed E-state index contributed by atoms with van der Waals surface area (Å²) >= 11 is 0. The molecule has 1 heterocycles. The molecule has 0 unspecified atom stereocenters. The molecule has 2 aliphatic rings. The Balaban J connectivity index is 2.11. The number of nitro groups is 1. The molecule has 22 heavy (non-hydrogen) atoms. The van der Waals surface area contributed by atoms with Crippen LogP contribution in [0.3, 0.4) is 0 Å². The van der Waals surface area contributed by atoms with E-state index in [-0.39, 0.29) is 23.7 Å². The molecule has 1 amide bonds. The Morgan fingerprint density at radius 3 is 2.64 bits per heavy atom. The standard InChI is InChI=1S/C12H12N2O7S/c13-12(15)21-22(18,19)9-3-1-2-6(10(9)14(16)17)7-4-5-8-11(7)20-8/h1-3,7-8,11H,4-5H2,(H2,13,15)/t7-,8-,11+/m0/s1. The van der Waals surface area contributed by atoms with E-state index < -0.39 is 31.7 Å². The van der Waals surface area contributed by atoms with E-state index in [1.54, 1.807) is 0 Å². The second-order valence-electron chi connectivity index (χ2n) is 5.13. The molecule has 1 aromatic rings. The van der Waals surface area contributed by atoms with E-state index in [0.29, 0.717) is 6.42 Å². The van der Waals surface area contributed by atoms with Gasteiger partial charge in [-0.05, 0) is 18.9 Å². The third-order valence-corrected chi connectivity index (χ3v) is 5.11. The van der Waals surface area contributed by atoms with Crippen LogP contribution in [0.5, 0.6) is 0 Å². The fourth-order valence-electron chi connectivity index (χ4n) is 2.97. The zero-order chi connectivity index (χ0) is 16.1. The van der Waals surface area contributed by atoms with Crippen LogP contribution in [-0.4, -0.2) is 31.6 Å². The van der Waals surface area contributed by atoms with Gasteiger partial charge in [0.05, 0.1) is 17.1 Å². The SMILES string of the molecule is NC(=O)OS(=O)(=O)c1cccc([C@@H]2CC[C@@H]3O[C@@H]32)c1[N+](=O)[O-]. The summed E-state index contributed by atoms with van der Waals surface area (Å²) in [4.78, 5) is 20.6. The van der Waals surface area contributed by atoms with Crippen LogP contribution in [-0.2, 0) is 19.0 Å². The van der Waals surface area contributed by atoms with Gasteiger partial charge in [-0.15, -0.1) is 0 Å². The number of amides is 1. The van der Waals surface area contributed by atoms with Crippen molar-refractivity contribution in [2.75, 3.05) is 0 Å². The summed E-state index contributed by atoms with van der Waals surface area (Å²) in [5.41, 5.74) is 4.38. The summed E-state index contributed by atoms with van der Waals surface area (Å²) in [5, 5.41) is 11.4. The molecule has 1 aliphatic heterocycles. The fraction of sp³-hybridized carbons (Fsp3) is 0.417. The summed E-state index contributed by atoms with van der Waals surface area (Å²) in [5.74, 6) is -0.242. The summed E-state index contributed by atoms with van der Waals surface area (Å²) in [7, 11) is -4.65. The molecule has 1 saturated heterocycles. The van der Waals surface area contributed by atoms with Crippen molar-refractivity contribution in [2.45, 2.75) is 35.9 Å². The number of carbonyl (C=O) groups is 1. The number of epoxide rings is 1. The fourth-order valence-corrected chi connectivity index (χ4v) is 3.95. The zero-order valence-electron chi connectivity index (χ0n) is 11.2. The largest absolute Gasteiger partial charge is 0.420 e. The van der Waals surface area contributed by atoms with Crippen LogP contribution in [0.15, 0.2) is 23.1 Å². The Hall–Kier alpha value is -2.20. The van der Waals surface area contributed by atoms with Crippen molar-refractivity contribution < 1.29 is 27.1 Å². The first kappa shape index (κ1) is 14.7. The van der Waals surface area contributed by atoms with E-state index in [2.05, 4.69) is 4.18 Å². The van der Waals surface area contributed by atoms with E-state index in [1.807, 2.05) is 0 Å². The van der Waals surface area contributed by atoms with Gasteiger partial charge in [0.15, 0.2) is 4.90 Å². The third-order valence-electron chi connectivity index (χ3n) is 3.85. The lowest BCUT2D eigenvalue weighted by atomic mass is 9.95. The van der Waals surface area contributed by atoms with Crippen molar-refractivity contribution in [3.05, 3.63) is 33.9 Å². The minimum absolute atomic E-state index is 0.0896. The quantitative estimate of drug-likeness (QED) is 0.376. The lowest BCUT2D eigenvalue weighted by Gasteiger charge is -2.13. The van der Waals surface area contributed by atoms with Gasteiger partial charge in [-0.1, -0.05) is 12.1 Å². The van der Waals surface area contributed by atoms with Crippen molar-refractivity contribution in [1.82, 2.24) is 0 Å². The number of hydrogen-bond acceptors (Lipinski definition) is 7. The minimum atomic E-state index is -4.65. The number of nitro benzene ring substituents is 1. The van der Waals surface area contributed by atoms with Crippen molar-refractivity contribution in [1.29, 1.82) is 0 Å². The summed E-state index contributed by atoms with van der Waals surface area (Å²) in [6.45, 7) is 0. The topological polar surface area (TPSA) is 142 Å². The first-order valence-corrected chi connectivity index (χ1v) is 7.89. The normalized spacial score (nSPS) is 26.3. The number of rotatable bonds is 4. The lowest BCUT2D eigenvalue weighted by molar-refractivity contribution is -0.388. The molecule has 0 spiro atoms. The maximum Gasteiger partial charge on any atom is 0.420 e. The molecule has 1 aliphatic carbocycles. The van der Waals surface area contributed by atoms with Gasteiger partial charge >= 0.3 is 16.2 Å². The Morgan fingerprint density at radius 2 is 2.14 bits per heavy atom. The lowest BCUT2D eigenvalue weighted by Crippen LogP contribution is -2.20. The highest BCUT2D eigenvalue weighted by Gasteiger charge is 2.52. The van der Waals surface area contributed by atoms with Crippen LogP contribution in [0.25, 0.3) is 0 Å². The monoisotopic (exact) mass is 328 g/mol. The molecule has 0 aromatic heterocycles. The second kappa shape index (κ2) is 4.92. The molecule has 1 aromatic carbocycles. The predicted octanol–water partition coefficient (Wildman–Crippen LogP) is 1.02. The maximum atomic E-state index is 12.0. The maximum absolute atomic E-state index is 12.0. The molecule has 9 nitrogen and oxygen atoms in total. The highest BCUT2D eigenvalue weighted by molar-refractivity contribution is 7.87. The molecule has 0 bridgehead atoms. The molecule has 3 atom stereocenters. The Labute approximate surface area is 125 Å². The van der Waals surface area contributed by atoms with E-state index in [9.17, 15) is 23.3 Å². The number of nitrogens with two attached hydrogens (primary N) is 1. The first-order chi connectivity index (χ1) is 10.3. The van der Waals surface area contributed by atoms with Crippen LogP contribution in [0, 0.1) is 10.1 Å². The van der Waals surface area contributed by atoms with Crippen molar-refractivity contribution in [2.24, 2.45) is 5.73 Å². The van der Waals surface area contributed by atoms with Gasteiger partial charge in [-0.25, -0.2) is 4.79 Å². The third kappa shape index (κ3) is 2.40. The number of para-hydroxylation sites is 1. The number of hydrogen-bond donors (Lipinski definition) is 1. The zero-order valence-corrected chi connectivity index (χ0v) is 12.0. The van der Waals surface area contributed by atoms with E-state index >= 15 is 0 Å². The molecule has 2 fully saturated rings. The summed E-state index contributed by atoms with van der Waals surface area (Å²) < 4.78 is 33.3. The van der Waals surface area contributed by atoms with E-state index in [1.165, 1.54) is 12.1 Å². The number of ether oxygens (including phenoxy) is 1. The Kier molecular flexibility index (Phi) is 3.29. The van der Waals surface area contributed by atoms with Gasteiger partial charge in [0.2, 0.25) is 0 Å². The molecule has 3 rings (SSSR count). The van der Waals surface area contributed by atoms with E-state index in [0.717, 1.165) is 12.5 Å². The minimum Gasteiger partial charge on any atom is -0.369 e. The molecule has 0 radical (unpaired) electrons. The van der Waals surface area contributed by atoms with Gasteiger partial charge in [0.25, 0.3) is 5.69 Å². The van der Waals surface area contributed by atoms with Crippen LogP contribution >= 0.6 is 0 Å². The van der Waals surface area contributed by atoms with Crippen LogP contribution in [0.4, 0.5) is 10.5 Å². The van der Waals surface area contributed by atoms with Crippen LogP contribution in [0.1, 0.15) is 24.3 Å². The number of primary amides is 1. The van der Waals surface area contributed by atoms with Gasteiger partial charge in [0.1, 0.15) is 0 Å². The van der Waals surface area contributed by atoms with Crippen LogP contribution < -0.4 is 5.73 Å². The van der Waals surface area contributed by atoms with Gasteiger partial charge in [-0.3, -0.25) is 10.1 Å². The highest BCUT2D eigenvalue weighted by atomic mass is 32.2. The first-order valence-electron chi connectivity index (χ1n) is 6.48. The van der Waals surface area contributed by atoms with Crippen molar-refractivity contribution >= 4 is 21.9 Å². The van der Waals surface area contributed by atoms with Gasteiger partial charge in [0, 0.05) is 11.5 Å². The molecular weight excluding hydrogens is 316 g/mol. The number of benzene rings is 1.